The minimum atomic E-state index is -5.63. The number of nitrogens with zero attached hydrogens (tertiary/aromatic N) is 1. The quantitative estimate of drug-likeness (QED) is 0.415. The summed E-state index contributed by atoms with van der Waals surface area (Å²) in [5.41, 5.74) is -1.76. The number of nitrogen functional groups attached to an aromatic ring is 1. The molecule has 0 saturated heterocycles. The van der Waals surface area contributed by atoms with Crippen LogP contribution in [0, 0.1) is 10.6 Å². The zero-order valence-electron chi connectivity index (χ0n) is 12.9. The van der Waals surface area contributed by atoms with E-state index in [0.717, 1.165) is 28.8 Å². The number of hydrogen-bond acceptors (Lipinski definition) is 6. The fraction of sp³-hybridized carbons (Fsp3) is 0.214. The highest BCUT2D eigenvalue weighted by molar-refractivity contribution is 7.71. The Kier molecular flexibility index (Phi) is 4.92. The van der Waals surface area contributed by atoms with Crippen molar-refractivity contribution in [2.24, 2.45) is 0 Å². The summed E-state index contributed by atoms with van der Waals surface area (Å²) in [6.07, 6.45) is -5.63. The Labute approximate surface area is 147 Å². The van der Waals surface area contributed by atoms with Crippen LogP contribution < -0.4 is 11.3 Å². The number of hydrogen-bond donors (Lipinski definition) is 3. The molecule has 1 aromatic heterocycles. The molecule has 0 aliphatic carbocycles. The summed E-state index contributed by atoms with van der Waals surface area (Å²) in [5, 5.41) is 10.0. The monoisotopic (exact) mass is 393 g/mol. The number of nitrogens with one attached hydrogen (secondary N) is 1. The maximum Gasteiger partial charge on any atom is 0.432 e. The molecule has 1 heterocycles. The van der Waals surface area contributed by atoms with E-state index in [9.17, 15) is 32.3 Å². The number of aliphatic hydroxyl groups is 1. The van der Waals surface area contributed by atoms with Crippen molar-refractivity contribution < 1.29 is 32.2 Å². The molecule has 26 heavy (non-hydrogen) atoms. The molecule has 1 unspecified atom stereocenters. The minimum Gasteiger partial charge on any atom is -0.466 e. The maximum absolute atomic E-state index is 13.4. The zero-order chi connectivity index (χ0) is 19.9. The first-order valence-corrected chi connectivity index (χ1v) is 7.14. The van der Waals surface area contributed by atoms with Gasteiger partial charge >= 0.3 is 12.1 Å². The van der Waals surface area contributed by atoms with Crippen LogP contribution in [0.3, 0.4) is 0 Å². The van der Waals surface area contributed by atoms with E-state index in [2.05, 4.69) is 4.74 Å². The van der Waals surface area contributed by atoms with Crippen LogP contribution >= 0.6 is 12.2 Å². The summed E-state index contributed by atoms with van der Waals surface area (Å²) >= 11 is 4.87. The summed E-state index contributed by atoms with van der Waals surface area (Å²) < 4.78 is 57.7. The Hall–Kier alpha value is -2.73. The number of carbonyl (C=O) groups excluding carboxylic acids is 1. The normalized spacial score (nSPS) is 13.9. The zero-order valence-corrected chi connectivity index (χ0v) is 13.7. The smallest absolute Gasteiger partial charge is 0.432 e. The molecule has 0 aliphatic heterocycles. The summed E-state index contributed by atoms with van der Waals surface area (Å²) in [7, 11) is 0.596. The summed E-state index contributed by atoms with van der Waals surface area (Å²) in [6, 6.07) is 4.18. The Morgan fingerprint density at radius 2 is 1.85 bits per heavy atom. The molecule has 2 aromatic rings. The average molecular weight is 393 g/mol. The Morgan fingerprint density at radius 1 is 1.31 bits per heavy atom. The SMILES string of the molecule is COC(=O)C(O)(c1c(N)n(-c2ccc(F)cc2)c(=S)[nH]c1=O)C(F)(F)F. The van der Waals surface area contributed by atoms with Gasteiger partial charge in [0.05, 0.1) is 7.11 Å². The third kappa shape index (κ3) is 2.97. The molecule has 1 atom stereocenters. The predicted molar refractivity (Wildman–Crippen MR) is 83.6 cm³/mol. The van der Waals surface area contributed by atoms with Crippen molar-refractivity contribution >= 4 is 24.0 Å². The number of H-pyrrole nitrogens is 1. The van der Waals surface area contributed by atoms with Crippen LogP contribution in [0.25, 0.3) is 5.69 Å². The van der Waals surface area contributed by atoms with E-state index in [-0.39, 0.29) is 5.69 Å². The molecule has 0 aliphatic rings. The lowest BCUT2D eigenvalue weighted by Gasteiger charge is -2.28. The number of alkyl halides is 3. The topological polar surface area (TPSA) is 110 Å². The second-order valence-corrected chi connectivity index (χ2v) is 5.42. The van der Waals surface area contributed by atoms with Gasteiger partial charge in [0.25, 0.3) is 11.2 Å². The van der Waals surface area contributed by atoms with Crippen LogP contribution in [0.15, 0.2) is 29.1 Å². The summed E-state index contributed by atoms with van der Waals surface area (Å²) in [5.74, 6) is -3.77. The van der Waals surface area contributed by atoms with Crippen molar-refractivity contribution in [3.05, 3.63) is 50.8 Å². The van der Waals surface area contributed by atoms with Gasteiger partial charge in [-0.2, -0.15) is 13.2 Å². The van der Waals surface area contributed by atoms with E-state index in [1.54, 1.807) is 0 Å². The molecule has 0 fully saturated rings. The fourth-order valence-electron chi connectivity index (χ4n) is 2.26. The lowest BCUT2D eigenvalue weighted by molar-refractivity contribution is -0.267. The fourth-order valence-corrected chi connectivity index (χ4v) is 2.55. The van der Waals surface area contributed by atoms with Crippen LogP contribution in [0.2, 0.25) is 0 Å². The van der Waals surface area contributed by atoms with Crippen molar-refractivity contribution in [1.29, 1.82) is 0 Å². The standard InChI is InChI=1S/C14H11F4N3O4S/c1-25-11(23)13(24,14(16,17)18)8-9(19)21(12(26)20-10(8)22)7-4-2-6(15)3-5-7/h2-5,24H,19H2,1H3,(H,20,22,26). The third-order valence-electron chi connectivity index (χ3n) is 3.49. The van der Waals surface area contributed by atoms with Gasteiger partial charge in [0.1, 0.15) is 17.2 Å². The predicted octanol–water partition coefficient (Wildman–Crippen LogP) is 1.54. The lowest BCUT2D eigenvalue weighted by atomic mass is 9.94. The van der Waals surface area contributed by atoms with Crippen LogP contribution in [0.5, 0.6) is 0 Å². The number of nitrogens with two attached hydrogens (primary N) is 1. The van der Waals surface area contributed by atoms with Crippen LogP contribution in [0.1, 0.15) is 5.56 Å². The lowest BCUT2D eigenvalue weighted by Crippen LogP contribution is -2.53. The molecule has 0 bridgehead atoms. The Morgan fingerprint density at radius 3 is 2.31 bits per heavy atom. The molecule has 0 radical (unpaired) electrons. The number of carbonyl (C=O) groups is 1. The van der Waals surface area contributed by atoms with Gasteiger partial charge in [-0.3, -0.25) is 14.3 Å². The molecule has 1 aromatic carbocycles. The van der Waals surface area contributed by atoms with Crippen LogP contribution in [0.4, 0.5) is 23.4 Å². The number of esters is 1. The first-order valence-electron chi connectivity index (χ1n) is 6.74. The number of aromatic nitrogens is 2. The Balaban J connectivity index is 2.92. The number of ether oxygens (including phenoxy) is 1. The first kappa shape index (κ1) is 19.6. The van der Waals surface area contributed by atoms with E-state index < -0.39 is 45.3 Å². The van der Waals surface area contributed by atoms with Gasteiger partial charge in [0.2, 0.25) is 0 Å². The molecule has 0 amide bonds. The molecule has 140 valence electrons. The second-order valence-electron chi connectivity index (χ2n) is 5.03. The third-order valence-corrected chi connectivity index (χ3v) is 3.77. The number of halogens is 4. The van der Waals surface area contributed by atoms with Crippen molar-refractivity contribution in [2.75, 3.05) is 12.8 Å². The van der Waals surface area contributed by atoms with Crippen molar-refractivity contribution in [2.45, 2.75) is 11.8 Å². The number of anilines is 1. The number of aromatic amines is 1. The minimum absolute atomic E-state index is 0.0132. The molecule has 12 heteroatoms. The van der Waals surface area contributed by atoms with E-state index in [0.29, 0.717) is 7.11 Å². The van der Waals surface area contributed by atoms with Crippen molar-refractivity contribution in [3.8, 4) is 5.69 Å². The number of methoxy groups -OCH3 is 1. The largest absolute Gasteiger partial charge is 0.466 e. The van der Waals surface area contributed by atoms with E-state index in [1.165, 1.54) is 0 Å². The van der Waals surface area contributed by atoms with Crippen LogP contribution in [-0.2, 0) is 15.1 Å². The molecule has 0 spiro atoms. The van der Waals surface area contributed by atoms with Gasteiger partial charge in [-0.1, -0.05) is 0 Å². The van der Waals surface area contributed by atoms with Gasteiger partial charge in [-0.15, -0.1) is 0 Å². The highest BCUT2D eigenvalue weighted by Crippen LogP contribution is 2.41. The van der Waals surface area contributed by atoms with Gasteiger partial charge in [0.15, 0.2) is 4.77 Å². The van der Waals surface area contributed by atoms with Gasteiger partial charge in [0, 0.05) is 5.69 Å². The highest BCUT2D eigenvalue weighted by Gasteiger charge is 2.64. The maximum atomic E-state index is 13.4. The number of rotatable bonds is 3. The van der Waals surface area contributed by atoms with Gasteiger partial charge in [-0.25, -0.2) is 9.18 Å². The number of benzene rings is 1. The Bertz CT molecular complexity index is 968. The summed E-state index contributed by atoms with van der Waals surface area (Å²) in [6.45, 7) is 0. The summed E-state index contributed by atoms with van der Waals surface area (Å²) in [4.78, 5) is 25.6. The van der Waals surface area contributed by atoms with Gasteiger partial charge in [-0.05, 0) is 36.5 Å². The average Bonchev–Trinajstić information content (AvgIpc) is 2.54. The molecule has 7 nitrogen and oxygen atoms in total. The van der Waals surface area contributed by atoms with Gasteiger partial charge < -0.3 is 15.6 Å². The van der Waals surface area contributed by atoms with Crippen LogP contribution in [-0.4, -0.2) is 33.9 Å². The molecular formula is C14H11F4N3O4S. The van der Waals surface area contributed by atoms with E-state index in [4.69, 9.17) is 18.0 Å². The second kappa shape index (κ2) is 6.53. The molecule has 4 N–H and O–H groups in total. The molecule has 2 rings (SSSR count). The molecular weight excluding hydrogens is 382 g/mol. The highest BCUT2D eigenvalue weighted by atomic mass is 32.1. The first-order chi connectivity index (χ1) is 11.9. The van der Waals surface area contributed by atoms with Crippen molar-refractivity contribution in [1.82, 2.24) is 9.55 Å². The van der Waals surface area contributed by atoms with Crippen molar-refractivity contribution in [3.63, 3.8) is 0 Å². The molecule has 0 saturated carbocycles. The van der Waals surface area contributed by atoms with E-state index in [1.807, 2.05) is 4.98 Å². The van der Waals surface area contributed by atoms with E-state index >= 15 is 0 Å².